The fourth-order valence-corrected chi connectivity index (χ4v) is 7.58. The molecule has 3 aliphatic heterocycles. The molecule has 2 unspecified atom stereocenters. The predicted molar refractivity (Wildman–Crippen MR) is 149 cm³/mol. The highest BCUT2D eigenvalue weighted by atomic mass is 32.5. The lowest BCUT2D eigenvalue weighted by Gasteiger charge is -2.27. The van der Waals surface area contributed by atoms with Crippen molar-refractivity contribution in [3.63, 3.8) is 0 Å². The third-order valence-electron chi connectivity index (χ3n) is 6.42. The van der Waals surface area contributed by atoms with Crippen molar-refractivity contribution < 1.29 is 37.0 Å². The number of imidazole rings is 2. The van der Waals surface area contributed by atoms with Gasteiger partial charge in [0.15, 0.2) is 29.8 Å². The molecule has 2 bridgehead atoms. The molecule has 3 aromatic rings. The molecule has 41 heavy (non-hydrogen) atoms. The van der Waals surface area contributed by atoms with Crippen molar-refractivity contribution in [3.05, 3.63) is 36.9 Å². The highest BCUT2D eigenvalue weighted by Crippen LogP contribution is 2.54. The smallest absolute Gasteiger partial charge is 0.325 e. The van der Waals surface area contributed by atoms with Crippen LogP contribution >= 0.6 is 13.4 Å². The van der Waals surface area contributed by atoms with E-state index >= 15 is 4.39 Å². The molecule has 0 spiro atoms. The Balaban J connectivity index is 1.39. The number of guanidine groups is 1. The number of nitrogens with zero attached hydrogens (tertiary/aromatic N) is 7. The zero-order valence-corrected chi connectivity index (χ0v) is 24.6. The van der Waals surface area contributed by atoms with Gasteiger partial charge >= 0.3 is 13.4 Å². The van der Waals surface area contributed by atoms with E-state index in [2.05, 4.69) is 36.8 Å². The third-order valence-corrected chi connectivity index (χ3v) is 9.64. The van der Waals surface area contributed by atoms with Crippen molar-refractivity contribution in [2.45, 2.75) is 44.2 Å². The molecule has 5 N–H and O–H groups in total. The molecule has 1 fully saturated rings. The topological polar surface area (TPSA) is 198 Å². The molecule has 0 aliphatic carbocycles. The molecule has 6 heterocycles. The Labute approximate surface area is 241 Å². The first kappa shape index (κ1) is 28.8. The summed E-state index contributed by atoms with van der Waals surface area (Å²) in [7, 11) is 0. The number of rotatable bonds is 1. The lowest BCUT2D eigenvalue weighted by atomic mass is 10.1. The highest BCUT2D eigenvalue weighted by molar-refractivity contribution is 8.07. The second-order valence-electron chi connectivity index (χ2n) is 9.17. The van der Waals surface area contributed by atoms with Crippen LogP contribution in [0.4, 0.5) is 10.2 Å². The molecular formula is C20H24FN9O7P2S2. The van der Waals surface area contributed by atoms with E-state index in [1.165, 1.54) is 23.4 Å². The van der Waals surface area contributed by atoms with Crippen LogP contribution in [-0.2, 0) is 53.0 Å². The zero-order chi connectivity index (χ0) is 29.1. The molecule has 0 aromatic carbocycles. The summed E-state index contributed by atoms with van der Waals surface area (Å²) in [5.74, 6) is 0.534. The van der Waals surface area contributed by atoms with Gasteiger partial charge in [0.25, 0.3) is 0 Å². The van der Waals surface area contributed by atoms with Gasteiger partial charge in [-0.3, -0.25) is 13.6 Å². The molecule has 21 heteroatoms. The second-order valence-corrected chi connectivity index (χ2v) is 14.8. The summed E-state index contributed by atoms with van der Waals surface area (Å²) in [5, 5.41) is 2.76. The maximum atomic E-state index is 16.0. The average molecular weight is 648 g/mol. The van der Waals surface area contributed by atoms with E-state index in [-0.39, 0.29) is 24.9 Å². The van der Waals surface area contributed by atoms with Crippen LogP contribution in [-0.4, -0.2) is 76.4 Å². The second kappa shape index (κ2) is 10.8. The maximum Gasteiger partial charge on any atom is 0.325 e. The van der Waals surface area contributed by atoms with E-state index in [0.29, 0.717) is 28.4 Å². The zero-order valence-electron chi connectivity index (χ0n) is 21.2. The van der Waals surface area contributed by atoms with Crippen LogP contribution in [0, 0.1) is 0 Å². The number of fused-ring (bicyclic) bond motifs is 6. The fourth-order valence-electron chi connectivity index (χ4n) is 4.69. The number of nitrogens with one attached hydrogen (secondary N) is 1. The Morgan fingerprint density at radius 2 is 2.02 bits per heavy atom. The van der Waals surface area contributed by atoms with E-state index in [9.17, 15) is 9.79 Å². The van der Waals surface area contributed by atoms with Crippen LogP contribution in [0.5, 0.6) is 0 Å². The Kier molecular flexibility index (Phi) is 7.57. The molecule has 3 aliphatic rings. The fraction of sp³-hybridized carbons (Fsp3) is 0.450. The third kappa shape index (κ3) is 5.60. The van der Waals surface area contributed by atoms with Crippen molar-refractivity contribution in [1.29, 1.82) is 0 Å². The number of nitrogens with two attached hydrogens (primary N) is 1. The first-order valence-corrected chi connectivity index (χ1v) is 17.2. The van der Waals surface area contributed by atoms with E-state index < -0.39 is 50.8 Å². The lowest BCUT2D eigenvalue weighted by molar-refractivity contribution is -0.0480. The van der Waals surface area contributed by atoms with Gasteiger partial charge in [-0.15, -0.1) is 0 Å². The number of aromatic nitrogens is 6. The Morgan fingerprint density at radius 3 is 2.83 bits per heavy atom. The van der Waals surface area contributed by atoms with Crippen molar-refractivity contribution in [1.82, 2.24) is 34.4 Å². The molecule has 0 radical (unpaired) electrons. The summed E-state index contributed by atoms with van der Waals surface area (Å²) < 4.78 is 47.4. The minimum Gasteiger partial charge on any atom is -0.369 e. The predicted octanol–water partition coefficient (Wildman–Crippen LogP) is 1.42. The summed E-state index contributed by atoms with van der Waals surface area (Å²) in [6, 6.07) is 0. The quantitative estimate of drug-likeness (QED) is 0.276. The standard InChI is InChI=1S/C20H24FN9O7P2S2/c1-9-14-18(28-20(22)26-9)30(8-25-14)19-15-13(21)12(35-19)6-34-38(31,40)33-4-3-29-16(10(2)36-39(32,41)37-15)27-11-5-23-7-24-17(11)29/h5,7-8,10,12-13,15,19H,1,3-4,6H2,2H3,(H,31,40)(H,32,41)(H3,22,26,28)/t10-,12-,13-,15-,19-,38?,39?/m1/s1. The minimum atomic E-state index is -4.17. The van der Waals surface area contributed by atoms with Gasteiger partial charge in [-0.25, -0.2) is 24.3 Å². The number of alkyl halides is 1. The van der Waals surface area contributed by atoms with Gasteiger partial charge < -0.3 is 39.2 Å². The normalized spacial score (nSPS) is 34.7. The van der Waals surface area contributed by atoms with Gasteiger partial charge in [-0.05, 0) is 30.5 Å². The number of ether oxygens (including phenoxy) is 1. The Bertz CT molecular complexity index is 1650. The van der Waals surface area contributed by atoms with Crippen LogP contribution in [0.25, 0.3) is 16.9 Å². The molecule has 1 saturated heterocycles. The first-order chi connectivity index (χ1) is 19.4. The molecule has 0 saturated carbocycles. The van der Waals surface area contributed by atoms with Gasteiger partial charge in [-0.2, -0.15) is 4.99 Å². The van der Waals surface area contributed by atoms with Crippen molar-refractivity contribution in [2.75, 3.05) is 13.2 Å². The van der Waals surface area contributed by atoms with Gasteiger partial charge in [0, 0.05) is 6.54 Å². The summed E-state index contributed by atoms with van der Waals surface area (Å²) in [6.07, 6.45) is -2.82. The molecule has 7 atom stereocenters. The van der Waals surface area contributed by atoms with Crippen LogP contribution < -0.4 is 11.1 Å². The SMILES string of the molecule is C=C1NC(N)=Nc2c1ncn2[C@@H]1O[C@@H]2COP(O)(=S)OCCn3c(nc4cncnc43)[C@@H](C)OP(O)(=S)O[C@@H]1[C@@H]2F. The van der Waals surface area contributed by atoms with Crippen molar-refractivity contribution >= 4 is 65.7 Å². The van der Waals surface area contributed by atoms with Crippen molar-refractivity contribution in [2.24, 2.45) is 10.7 Å². The van der Waals surface area contributed by atoms with Crippen molar-refractivity contribution in [3.8, 4) is 0 Å². The van der Waals surface area contributed by atoms with Gasteiger partial charge in [0.05, 0.1) is 31.4 Å². The molecule has 220 valence electrons. The summed E-state index contributed by atoms with van der Waals surface area (Å²) in [6.45, 7) is -3.04. The van der Waals surface area contributed by atoms with Crippen LogP contribution in [0.2, 0.25) is 0 Å². The molecule has 16 nitrogen and oxygen atoms in total. The van der Waals surface area contributed by atoms with Gasteiger partial charge in [0.2, 0.25) is 0 Å². The minimum absolute atomic E-state index is 0.0287. The number of hydrogen-bond donors (Lipinski definition) is 4. The summed E-state index contributed by atoms with van der Waals surface area (Å²) in [4.78, 5) is 43.1. The van der Waals surface area contributed by atoms with Crippen LogP contribution in [0.1, 0.15) is 30.8 Å². The van der Waals surface area contributed by atoms with Crippen LogP contribution in [0.3, 0.4) is 0 Å². The van der Waals surface area contributed by atoms with E-state index in [1.807, 2.05) is 0 Å². The largest absolute Gasteiger partial charge is 0.369 e. The molecule has 0 amide bonds. The molecule has 3 aromatic heterocycles. The van der Waals surface area contributed by atoms with E-state index in [1.54, 1.807) is 11.5 Å². The lowest BCUT2D eigenvalue weighted by Crippen LogP contribution is -2.33. The first-order valence-electron chi connectivity index (χ1n) is 12.1. The van der Waals surface area contributed by atoms with Crippen LogP contribution in [0.15, 0.2) is 30.4 Å². The number of hydrogen-bond acceptors (Lipinski definition) is 14. The van der Waals surface area contributed by atoms with E-state index in [4.69, 9.17) is 52.2 Å². The van der Waals surface area contributed by atoms with Gasteiger partial charge in [-0.1, -0.05) is 6.58 Å². The number of aliphatic imine (C=N–C) groups is 1. The monoisotopic (exact) mass is 647 g/mol. The molecule has 6 rings (SSSR count). The summed E-state index contributed by atoms with van der Waals surface area (Å²) in [5.41, 5.74) is 7.44. The molecular weight excluding hydrogens is 623 g/mol. The van der Waals surface area contributed by atoms with Gasteiger partial charge in [0.1, 0.15) is 41.7 Å². The van der Waals surface area contributed by atoms with E-state index in [0.717, 1.165) is 0 Å². The highest BCUT2D eigenvalue weighted by Gasteiger charge is 2.51. The average Bonchev–Trinajstić information content (AvgIpc) is 3.56. The Morgan fingerprint density at radius 1 is 1.22 bits per heavy atom. The number of halogens is 1. The Hall–Kier alpha value is -2.28. The summed E-state index contributed by atoms with van der Waals surface area (Å²) >= 11 is 10.5. The maximum absolute atomic E-state index is 16.0.